The second-order valence-electron chi connectivity index (χ2n) is 7.72. The van der Waals surface area contributed by atoms with Crippen LogP contribution in [0.4, 0.5) is 0 Å². The fourth-order valence-corrected chi connectivity index (χ4v) is 4.40. The molecule has 5 rings (SSSR count). The van der Waals surface area contributed by atoms with Gasteiger partial charge < -0.3 is 0 Å². The van der Waals surface area contributed by atoms with Crippen LogP contribution in [0.15, 0.2) is 48.7 Å². The van der Waals surface area contributed by atoms with Crippen LogP contribution >= 0.6 is 0 Å². The van der Waals surface area contributed by atoms with Gasteiger partial charge in [-0.05, 0) is 42.4 Å². The predicted octanol–water partition coefficient (Wildman–Crippen LogP) is 3.74. The molecule has 4 heterocycles. The molecule has 3 aliphatic rings. The molecule has 1 aromatic heterocycles. The lowest BCUT2D eigenvalue weighted by molar-refractivity contribution is 0.123. The molecule has 3 heteroatoms. The van der Waals surface area contributed by atoms with Gasteiger partial charge in [0.1, 0.15) is 0 Å². The zero-order valence-electron chi connectivity index (χ0n) is 15.3. The van der Waals surface area contributed by atoms with Crippen LogP contribution in [0.1, 0.15) is 36.6 Å². The van der Waals surface area contributed by atoms with Gasteiger partial charge in [-0.1, -0.05) is 43.3 Å². The van der Waals surface area contributed by atoms with E-state index >= 15 is 0 Å². The first-order chi connectivity index (χ1) is 12.3. The minimum Gasteiger partial charge on any atom is -0.296 e. The van der Waals surface area contributed by atoms with Crippen molar-refractivity contribution in [2.75, 3.05) is 19.6 Å². The second kappa shape index (κ2) is 7.67. The first-order valence-corrected chi connectivity index (χ1v) is 9.74. The number of piperidine rings is 1. The van der Waals surface area contributed by atoms with Crippen molar-refractivity contribution in [3.63, 3.8) is 0 Å². The Balaban J connectivity index is 1.41. The van der Waals surface area contributed by atoms with E-state index in [0.717, 1.165) is 25.4 Å². The van der Waals surface area contributed by atoms with Gasteiger partial charge in [-0.15, -0.1) is 0 Å². The summed E-state index contributed by atoms with van der Waals surface area (Å²) in [5.41, 5.74) is 3.99. The second-order valence-corrected chi connectivity index (χ2v) is 7.72. The summed E-state index contributed by atoms with van der Waals surface area (Å²) in [5.74, 6) is 0.803. The Kier molecular flexibility index (Phi) is 5.14. The van der Waals surface area contributed by atoms with E-state index in [4.69, 9.17) is 0 Å². The van der Waals surface area contributed by atoms with Gasteiger partial charge >= 0.3 is 0 Å². The van der Waals surface area contributed by atoms with Crippen LogP contribution in [0, 0.1) is 5.92 Å². The smallest absolute Gasteiger partial charge is 0.0544 e. The zero-order chi connectivity index (χ0) is 17.1. The van der Waals surface area contributed by atoms with E-state index in [2.05, 4.69) is 64.2 Å². The number of nitrogens with zero attached hydrogens (tertiary/aromatic N) is 3. The van der Waals surface area contributed by atoms with Gasteiger partial charge in [-0.25, -0.2) is 0 Å². The number of hydrogen-bond donors (Lipinski definition) is 0. The molecule has 2 bridgehead atoms. The number of fused-ring (bicyclic) bond motifs is 4. The molecule has 0 spiro atoms. The van der Waals surface area contributed by atoms with Crippen molar-refractivity contribution in [3.05, 3.63) is 65.5 Å². The molecule has 0 saturated carbocycles. The van der Waals surface area contributed by atoms with Crippen molar-refractivity contribution in [2.24, 2.45) is 5.92 Å². The lowest BCUT2D eigenvalue weighted by atomic mass is 9.94. The van der Waals surface area contributed by atoms with Crippen molar-refractivity contribution in [3.8, 4) is 0 Å². The lowest BCUT2D eigenvalue weighted by Gasteiger charge is -2.36. The number of rotatable bonds is 5. The number of aromatic nitrogens is 1. The fourth-order valence-electron chi connectivity index (χ4n) is 4.40. The van der Waals surface area contributed by atoms with E-state index in [1.165, 1.54) is 49.3 Å². The minimum absolute atomic E-state index is 0.689. The largest absolute Gasteiger partial charge is 0.296 e. The maximum absolute atomic E-state index is 4.68. The highest BCUT2D eigenvalue weighted by Crippen LogP contribution is 2.29. The highest BCUT2D eigenvalue weighted by Gasteiger charge is 2.34. The summed E-state index contributed by atoms with van der Waals surface area (Å²) in [7, 11) is 0. The van der Waals surface area contributed by atoms with E-state index < -0.39 is 0 Å². The van der Waals surface area contributed by atoms with Crippen molar-refractivity contribution < 1.29 is 0 Å². The summed E-state index contributed by atoms with van der Waals surface area (Å²) < 4.78 is 0. The molecule has 2 atom stereocenters. The van der Waals surface area contributed by atoms with Crippen LogP contribution < -0.4 is 0 Å². The molecule has 0 amide bonds. The van der Waals surface area contributed by atoms with E-state index in [1.54, 1.807) is 0 Å². The van der Waals surface area contributed by atoms with Gasteiger partial charge in [0.25, 0.3) is 0 Å². The summed E-state index contributed by atoms with van der Waals surface area (Å²) in [6.45, 7) is 7.93. The van der Waals surface area contributed by atoms with Crippen molar-refractivity contribution in [1.29, 1.82) is 0 Å². The molecule has 25 heavy (non-hydrogen) atoms. The number of aryl methyl sites for hydroxylation is 1. The van der Waals surface area contributed by atoms with Crippen LogP contribution in [-0.2, 0) is 19.5 Å². The highest BCUT2D eigenvalue weighted by atomic mass is 15.3. The topological polar surface area (TPSA) is 19.4 Å². The molecule has 0 N–H and O–H groups in total. The summed E-state index contributed by atoms with van der Waals surface area (Å²) in [4.78, 5) is 10.0. The van der Waals surface area contributed by atoms with E-state index in [1.807, 2.05) is 6.20 Å². The number of benzene rings is 1. The predicted molar refractivity (Wildman–Crippen MR) is 102 cm³/mol. The van der Waals surface area contributed by atoms with Crippen LogP contribution in [0.25, 0.3) is 0 Å². The third kappa shape index (κ3) is 4.10. The average Bonchev–Trinajstić information content (AvgIpc) is 2.94. The Morgan fingerprint density at radius 1 is 0.920 bits per heavy atom. The van der Waals surface area contributed by atoms with Gasteiger partial charge in [-0.3, -0.25) is 14.8 Å². The van der Waals surface area contributed by atoms with Crippen molar-refractivity contribution in [1.82, 2.24) is 14.8 Å². The normalized spacial score (nSPS) is 24.4. The standard InChI is InChI=1S/C22H29N3/c1-2-18-8-10-21(23-12-18)16-24-13-20-9-11-22(17-24)25(15-20)14-19-6-4-3-5-7-19/h3-8,10,12,20,22H,2,9,11,13-17H2,1H3/t20-,22+/m1/s1. The Labute approximate surface area is 151 Å². The van der Waals surface area contributed by atoms with Crippen molar-refractivity contribution in [2.45, 2.75) is 45.3 Å². The lowest BCUT2D eigenvalue weighted by Crippen LogP contribution is -2.43. The SMILES string of the molecule is CCc1ccc(CN2C[C@H]3CC[C@@H](C2)N(Cc2ccccc2)C3)nc1. The number of pyridine rings is 1. The average molecular weight is 335 g/mol. The number of hydrogen-bond acceptors (Lipinski definition) is 3. The Bertz CT molecular complexity index is 667. The maximum atomic E-state index is 4.68. The van der Waals surface area contributed by atoms with Gasteiger partial charge in [0.15, 0.2) is 0 Å². The summed E-state index contributed by atoms with van der Waals surface area (Å²) >= 11 is 0. The molecule has 0 aliphatic carbocycles. The van der Waals surface area contributed by atoms with E-state index in [0.29, 0.717) is 6.04 Å². The molecule has 3 saturated heterocycles. The minimum atomic E-state index is 0.689. The fraction of sp³-hybridized carbons (Fsp3) is 0.500. The molecule has 3 aliphatic heterocycles. The van der Waals surface area contributed by atoms with Crippen molar-refractivity contribution >= 4 is 0 Å². The highest BCUT2D eigenvalue weighted by molar-refractivity contribution is 5.16. The van der Waals surface area contributed by atoms with Crippen LogP contribution in [0.5, 0.6) is 0 Å². The van der Waals surface area contributed by atoms with Crippen LogP contribution in [0.2, 0.25) is 0 Å². The molecule has 0 radical (unpaired) electrons. The molecule has 2 aromatic rings. The molecular weight excluding hydrogens is 306 g/mol. The summed E-state index contributed by atoms with van der Waals surface area (Å²) in [6.07, 6.45) is 5.84. The van der Waals surface area contributed by atoms with E-state index in [-0.39, 0.29) is 0 Å². The third-order valence-electron chi connectivity index (χ3n) is 5.81. The van der Waals surface area contributed by atoms with E-state index in [9.17, 15) is 0 Å². The van der Waals surface area contributed by atoms with Gasteiger partial charge in [0, 0.05) is 45.0 Å². The van der Waals surface area contributed by atoms with Crippen LogP contribution in [-0.4, -0.2) is 40.5 Å². The monoisotopic (exact) mass is 335 g/mol. The molecule has 1 aromatic carbocycles. The van der Waals surface area contributed by atoms with Gasteiger partial charge in [0.05, 0.1) is 5.69 Å². The third-order valence-corrected chi connectivity index (χ3v) is 5.81. The molecule has 0 unspecified atom stereocenters. The molecule has 132 valence electrons. The van der Waals surface area contributed by atoms with Gasteiger partial charge in [0.2, 0.25) is 0 Å². The Hall–Kier alpha value is -1.71. The maximum Gasteiger partial charge on any atom is 0.0544 e. The first kappa shape index (κ1) is 16.7. The summed E-state index contributed by atoms with van der Waals surface area (Å²) in [5, 5.41) is 0. The Morgan fingerprint density at radius 2 is 1.80 bits per heavy atom. The molecule has 3 fully saturated rings. The summed E-state index contributed by atoms with van der Waals surface area (Å²) in [6, 6.07) is 16.1. The first-order valence-electron chi connectivity index (χ1n) is 9.74. The molecule has 3 nitrogen and oxygen atoms in total. The molecular formula is C22H29N3. The van der Waals surface area contributed by atoms with Gasteiger partial charge in [-0.2, -0.15) is 0 Å². The zero-order valence-corrected chi connectivity index (χ0v) is 15.3. The quantitative estimate of drug-likeness (QED) is 0.830. The Morgan fingerprint density at radius 3 is 2.56 bits per heavy atom. The van der Waals surface area contributed by atoms with Crippen LogP contribution in [0.3, 0.4) is 0 Å².